The molecule has 0 amide bonds. The van der Waals surface area contributed by atoms with E-state index in [1.807, 2.05) is 0 Å². The first-order chi connectivity index (χ1) is 10.9. The van der Waals surface area contributed by atoms with Crippen molar-refractivity contribution in [2.45, 2.75) is 0 Å². The molecular formula is C12Cl2F10. The van der Waals surface area contributed by atoms with Gasteiger partial charge in [0, 0.05) is 0 Å². The van der Waals surface area contributed by atoms with E-state index in [9.17, 15) is 43.9 Å². The molecule has 0 N–H and O–H groups in total. The van der Waals surface area contributed by atoms with E-state index in [-0.39, 0.29) is 0 Å². The Labute approximate surface area is 136 Å². The highest BCUT2D eigenvalue weighted by atomic mass is 35.5. The van der Waals surface area contributed by atoms with Crippen LogP contribution in [0, 0.1) is 58.2 Å². The van der Waals surface area contributed by atoms with Crippen LogP contribution in [-0.2, 0) is 0 Å². The van der Waals surface area contributed by atoms with Crippen molar-refractivity contribution in [1.29, 1.82) is 0 Å². The lowest BCUT2D eigenvalue weighted by Gasteiger charge is -2.00. The Morgan fingerprint density at radius 1 is 0.292 bits per heavy atom. The largest absolute Gasteiger partial charge is 0.202 e. The molecule has 0 aliphatic rings. The van der Waals surface area contributed by atoms with Gasteiger partial charge >= 0.3 is 0 Å². The van der Waals surface area contributed by atoms with Gasteiger partial charge in [0.2, 0.25) is 11.6 Å². The zero-order valence-electron chi connectivity index (χ0n) is 10.5. The maximum Gasteiger partial charge on any atom is 0.200 e. The maximum absolute atomic E-state index is 12.3. The van der Waals surface area contributed by atoms with Crippen LogP contribution in [0.4, 0.5) is 43.9 Å². The molecule has 0 spiro atoms. The maximum atomic E-state index is 12.3. The molecule has 0 atom stereocenters. The lowest BCUT2D eigenvalue weighted by Crippen LogP contribution is -2.00. The summed E-state index contributed by atoms with van der Waals surface area (Å²) >= 11 is 9.53. The van der Waals surface area contributed by atoms with Gasteiger partial charge in [-0.1, -0.05) is 23.2 Å². The Balaban J connectivity index is 0.000000240. The second kappa shape index (κ2) is 7.47. The van der Waals surface area contributed by atoms with Crippen LogP contribution in [0.15, 0.2) is 0 Å². The summed E-state index contributed by atoms with van der Waals surface area (Å²) < 4.78 is 122. The predicted octanol–water partition coefficient (Wildman–Crippen LogP) is 6.07. The van der Waals surface area contributed by atoms with E-state index < -0.39 is 68.2 Å². The summed E-state index contributed by atoms with van der Waals surface area (Å²) in [5.74, 6) is -20.7. The molecule has 2 aromatic carbocycles. The van der Waals surface area contributed by atoms with Gasteiger partial charge in [0.25, 0.3) is 0 Å². The van der Waals surface area contributed by atoms with Gasteiger partial charge in [-0.25, -0.2) is 43.9 Å². The summed E-state index contributed by atoms with van der Waals surface area (Å²) in [4.78, 5) is 0. The monoisotopic (exact) mass is 404 g/mol. The summed E-state index contributed by atoms with van der Waals surface area (Å²) in [7, 11) is 0. The minimum atomic E-state index is -2.21. The minimum Gasteiger partial charge on any atom is -0.202 e. The van der Waals surface area contributed by atoms with E-state index in [4.69, 9.17) is 23.2 Å². The van der Waals surface area contributed by atoms with E-state index in [1.54, 1.807) is 0 Å². The first-order valence-corrected chi connectivity index (χ1v) is 6.02. The van der Waals surface area contributed by atoms with Crippen LogP contribution >= 0.6 is 23.2 Å². The molecular weight excluding hydrogens is 405 g/mol. The zero-order chi connectivity index (χ0) is 18.9. The molecule has 12 heteroatoms. The third-order valence-electron chi connectivity index (χ3n) is 2.31. The molecule has 0 saturated heterocycles. The number of benzene rings is 2. The highest BCUT2D eigenvalue weighted by molar-refractivity contribution is 6.31. The van der Waals surface area contributed by atoms with Gasteiger partial charge in [-0.2, -0.15) is 0 Å². The van der Waals surface area contributed by atoms with E-state index in [1.165, 1.54) is 0 Å². The summed E-state index contributed by atoms with van der Waals surface area (Å²) in [6.45, 7) is 0. The standard InChI is InChI=1S/2C6ClF5/c2*7-1-2(8)4(10)6(12)5(11)3(1)9. The summed E-state index contributed by atoms with van der Waals surface area (Å²) in [6.07, 6.45) is 0. The second-order valence-corrected chi connectivity index (χ2v) is 4.52. The lowest BCUT2D eigenvalue weighted by atomic mass is 10.3. The van der Waals surface area contributed by atoms with E-state index >= 15 is 0 Å². The molecule has 0 radical (unpaired) electrons. The molecule has 0 nitrogen and oxygen atoms in total. The quantitative estimate of drug-likeness (QED) is 0.284. The van der Waals surface area contributed by atoms with Gasteiger partial charge in [-0.15, -0.1) is 0 Å². The number of hydrogen-bond donors (Lipinski definition) is 0. The molecule has 0 heterocycles. The molecule has 0 aliphatic carbocycles. The smallest absolute Gasteiger partial charge is 0.200 e. The molecule has 24 heavy (non-hydrogen) atoms. The van der Waals surface area contributed by atoms with Crippen molar-refractivity contribution in [3.8, 4) is 0 Å². The molecule has 0 bridgehead atoms. The molecule has 0 saturated carbocycles. The normalized spacial score (nSPS) is 10.5. The van der Waals surface area contributed by atoms with Gasteiger partial charge < -0.3 is 0 Å². The number of halogens is 12. The second-order valence-electron chi connectivity index (χ2n) is 3.77. The Morgan fingerprint density at radius 3 is 0.583 bits per heavy atom. The van der Waals surface area contributed by atoms with Gasteiger partial charge in [0.15, 0.2) is 46.5 Å². The van der Waals surface area contributed by atoms with Gasteiger partial charge in [0.1, 0.15) is 10.0 Å². The highest BCUT2D eigenvalue weighted by Gasteiger charge is 2.25. The first kappa shape index (κ1) is 20.4. The van der Waals surface area contributed by atoms with Crippen molar-refractivity contribution in [3.05, 3.63) is 68.2 Å². The van der Waals surface area contributed by atoms with Crippen molar-refractivity contribution in [2.24, 2.45) is 0 Å². The molecule has 2 rings (SSSR count). The van der Waals surface area contributed by atoms with Crippen LogP contribution in [0.5, 0.6) is 0 Å². The zero-order valence-corrected chi connectivity index (χ0v) is 12.0. The van der Waals surface area contributed by atoms with Gasteiger partial charge in [-0.3, -0.25) is 0 Å². The predicted molar refractivity (Wildman–Crippen MR) is 62.5 cm³/mol. The molecule has 0 fully saturated rings. The van der Waals surface area contributed by atoms with Crippen molar-refractivity contribution in [2.75, 3.05) is 0 Å². The summed E-state index contributed by atoms with van der Waals surface area (Å²) in [5, 5.41) is -2.79. The van der Waals surface area contributed by atoms with Crippen molar-refractivity contribution < 1.29 is 43.9 Å². The van der Waals surface area contributed by atoms with Crippen LogP contribution < -0.4 is 0 Å². The third-order valence-corrected chi connectivity index (χ3v) is 2.98. The number of rotatable bonds is 0. The Morgan fingerprint density at radius 2 is 0.417 bits per heavy atom. The molecule has 0 aliphatic heterocycles. The highest BCUT2D eigenvalue weighted by Crippen LogP contribution is 2.27. The Hall–Kier alpha value is -1.68. The Kier molecular flexibility index (Phi) is 6.34. The van der Waals surface area contributed by atoms with Crippen molar-refractivity contribution in [3.63, 3.8) is 0 Å². The molecule has 132 valence electrons. The SMILES string of the molecule is Fc1c(F)c(F)c(Cl)c(F)c1F.Fc1c(F)c(F)c(Cl)c(F)c1F. The van der Waals surface area contributed by atoms with E-state index in [0.717, 1.165) is 0 Å². The lowest BCUT2D eigenvalue weighted by molar-refractivity contribution is 0.379. The summed E-state index contributed by atoms with van der Waals surface area (Å²) in [5.41, 5.74) is 0. The number of hydrogen-bond acceptors (Lipinski definition) is 0. The van der Waals surface area contributed by atoms with Crippen LogP contribution in [0.2, 0.25) is 10.0 Å². The topological polar surface area (TPSA) is 0 Å². The molecule has 0 aromatic heterocycles. The molecule has 2 aromatic rings. The molecule has 0 unspecified atom stereocenters. The van der Waals surface area contributed by atoms with Crippen LogP contribution in [0.1, 0.15) is 0 Å². The van der Waals surface area contributed by atoms with Gasteiger partial charge in [-0.05, 0) is 0 Å². The third kappa shape index (κ3) is 3.54. The van der Waals surface area contributed by atoms with Crippen molar-refractivity contribution in [1.82, 2.24) is 0 Å². The van der Waals surface area contributed by atoms with Crippen LogP contribution in [0.25, 0.3) is 0 Å². The first-order valence-electron chi connectivity index (χ1n) is 5.27. The average Bonchev–Trinajstić information content (AvgIpc) is 2.58. The fraction of sp³-hybridized carbons (Fsp3) is 0. The van der Waals surface area contributed by atoms with Crippen LogP contribution in [-0.4, -0.2) is 0 Å². The fourth-order valence-electron chi connectivity index (χ4n) is 1.16. The average molecular weight is 405 g/mol. The van der Waals surface area contributed by atoms with Crippen LogP contribution in [0.3, 0.4) is 0 Å². The summed E-state index contributed by atoms with van der Waals surface area (Å²) in [6, 6.07) is 0. The van der Waals surface area contributed by atoms with Gasteiger partial charge in [0.05, 0.1) is 0 Å². The minimum absolute atomic E-state index is 1.40. The van der Waals surface area contributed by atoms with E-state index in [2.05, 4.69) is 0 Å². The Bertz CT molecular complexity index is 528. The van der Waals surface area contributed by atoms with Crippen molar-refractivity contribution >= 4 is 23.2 Å². The fourth-order valence-corrected chi connectivity index (χ4v) is 1.49. The van der Waals surface area contributed by atoms with E-state index in [0.29, 0.717) is 0 Å².